The molecule has 1 aliphatic heterocycles. The molecule has 2 aliphatic rings. The van der Waals surface area contributed by atoms with E-state index in [-0.39, 0.29) is 25.0 Å². The van der Waals surface area contributed by atoms with Gasteiger partial charge < -0.3 is 20.6 Å². The Morgan fingerprint density at radius 1 is 1.28 bits per heavy atom. The molecular formula is C21H21ClN4O3. The van der Waals surface area contributed by atoms with Crippen LogP contribution >= 0.6 is 11.6 Å². The van der Waals surface area contributed by atoms with Gasteiger partial charge in [-0.15, -0.1) is 0 Å². The fourth-order valence-electron chi connectivity index (χ4n) is 3.54. The van der Waals surface area contributed by atoms with Crippen LogP contribution in [0.25, 0.3) is 0 Å². The van der Waals surface area contributed by atoms with E-state index in [1.807, 2.05) is 24.3 Å². The number of hydrogen-bond donors (Lipinski definition) is 3. The number of pyridine rings is 1. The van der Waals surface area contributed by atoms with Gasteiger partial charge in [0.15, 0.2) is 5.82 Å². The van der Waals surface area contributed by atoms with Crippen LogP contribution in [0.2, 0.25) is 5.02 Å². The summed E-state index contributed by atoms with van der Waals surface area (Å²) in [6.07, 6.45) is 6.52. The number of aliphatic hydroxyl groups is 1. The number of rotatable bonds is 5. The first-order chi connectivity index (χ1) is 14.0. The van der Waals surface area contributed by atoms with Crippen molar-refractivity contribution >= 4 is 34.9 Å². The van der Waals surface area contributed by atoms with Gasteiger partial charge in [0.2, 0.25) is 5.91 Å². The minimum atomic E-state index is -0.677. The Labute approximate surface area is 173 Å². The van der Waals surface area contributed by atoms with Crippen molar-refractivity contribution in [1.29, 1.82) is 0 Å². The van der Waals surface area contributed by atoms with Gasteiger partial charge in [-0.25, -0.2) is 4.98 Å². The zero-order chi connectivity index (χ0) is 20.4. The lowest BCUT2D eigenvalue weighted by Gasteiger charge is -2.31. The number of benzene rings is 1. The number of aliphatic hydroxyl groups excluding tert-OH is 1. The Hall–Kier alpha value is -2.90. The molecule has 8 heteroatoms. The van der Waals surface area contributed by atoms with Crippen LogP contribution in [0.3, 0.4) is 0 Å². The summed E-state index contributed by atoms with van der Waals surface area (Å²) in [6, 6.07) is 8.93. The van der Waals surface area contributed by atoms with E-state index >= 15 is 0 Å². The molecule has 4 rings (SSSR count). The fourth-order valence-corrected chi connectivity index (χ4v) is 3.66. The van der Waals surface area contributed by atoms with Crippen molar-refractivity contribution in [3.05, 3.63) is 64.8 Å². The Balaban J connectivity index is 1.60. The van der Waals surface area contributed by atoms with E-state index < -0.39 is 5.54 Å². The predicted octanol–water partition coefficient (Wildman–Crippen LogP) is 2.50. The Morgan fingerprint density at radius 3 is 2.69 bits per heavy atom. The molecule has 2 heterocycles. The van der Waals surface area contributed by atoms with E-state index in [0.29, 0.717) is 41.5 Å². The van der Waals surface area contributed by atoms with Crippen LogP contribution < -0.4 is 15.5 Å². The second kappa shape index (κ2) is 7.85. The Kier molecular flexibility index (Phi) is 5.25. The maximum atomic E-state index is 12.8. The highest BCUT2D eigenvalue weighted by Crippen LogP contribution is 2.31. The van der Waals surface area contributed by atoms with Gasteiger partial charge >= 0.3 is 0 Å². The summed E-state index contributed by atoms with van der Waals surface area (Å²) in [7, 11) is 0. The lowest BCUT2D eigenvalue weighted by atomic mass is 9.97. The van der Waals surface area contributed by atoms with Crippen LogP contribution in [0.1, 0.15) is 28.8 Å². The molecule has 0 unspecified atom stereocenters. The van der Waals surface area contributed by atoms with Crippen molar-refractivity contribution in [3.8, 4) is 0 Å². The number of aromatic nitrogens is 1. The number of carbonyl (C=O) groups excluding carboxylic acids is 2. The maximum absolute atomic E-state index is 12.8. The minimum Gasteiger partial charge on any atom is -0.394 e. The molecule has 3 N–H and O–H groups in total. The first kappa shape index (κ1) is 19.4. The van der Waals surface area contributed by atoms with Gasteiger partial charge in [-0.3, -0.25) is 9.59 Å². The number of hydrogen-bond acceptors (Lipinski definition) is 5. The third kappa shape index (κ3) is 3.97. The Bertz CT molecular complexity index is 966. The maximum Gasteiger partial charge on any atom is 0.253 e. The van der Waals surface area contributed by atoms with Gasteiger partial charge in [-0.1, -0.05) is 35.9 Å². The predicted molar refractivity (Wildman–Crippen MR) is 111 cm³/mol. The van der Waals surface area contributed by atoms with Gasteiger partial charge in [0.05, 0.1) is 36.5 Å². The van der Waals surface area contributed by atoms with Gasteiger partial charge in [0.1, 0.15) is 0 Å². The molecular weight excluding hydrogens is 392 g/mol. The van der Waals surface area contributed by atoms with Crippen molar-refractivity contribution in [1.82, 2.24) is 10.3 Å². The highest BCUT2D eigenvalue weighted by Gasteiger charge is 2.33. The molecule has 150 valence electrons. The second-order valence-corrected chi connectivity index (χ2v) is 7.76. The van der Waals surface area contributed by atoms with E-state index in [1.54, 1.807) is 23.1 Å². The lowest BCUT2D eigenvalue weighted by Crippen LogP contribution is -2.49. The third-order valence-electron chi connectivity index (χ3n) is 5.25. The summed E-state index contributed by atoms with van der Waals surface area (Å²) in [6.45, 7) is 0.340. The minimum absolute atomic E-state index is 0.112. The monoisotopic (exact) mass is 412 g/mol. The van der Waals surface area contributed by atoms with Crippen molar-refractivity contribution in [2.75, 3.05) is 23.4 Å². The molecule has 1 aromatic carbocycles. The number of nitrogens with zero attached hydrogens (tertiary/aromatic N) is 2. The number of amides is 2. The van der Waals surface area contributed by atoms with E-state index in [1.165, 1.54) is 6.20 Å². The summed E-state index contributed by atoms with van der Waals surface area (Å²) in [5, 5.41) is 16.3. The van der Waals surface area contributed by atoms with Gasteiger partial charge in [0.25, 0.3) is 5.91 Å². The summed E-state index contributed by atoms with van der Waals surface area (Å²) in [5.41, 5.74) is 1.12. The van der Waals surface area contributed by atoms with Crippen LogP contribution in [0.4, 0.5) is 11.5 Å². The van der Waals surface area contributed by atoms with Crippen molar-refractivity contribution in [2.45, 2.75) is 24.9 Å². The Morgan fingerprint density at radius 2 is 2.00 bits per heavy atom. The fraction of sp³-hybridized carbons (Fsp3) is 0.286. The van der Waals surface area contributed by atoms with Crippen LogP contribution in [0.15, 0.2) is 48.7 Å². The number of halogens is 1. The molecule has 1 aromatic heterocycles. The van der Waals surface area contributed by atoms with E-state index in [9.17, 15) is 14.7 Å². The van der Waals surface area contributed by atoms with Gasteiger partial charge in [-0.2, -0.15) is 0 Å². The van der Waals surface area contributed by atoms with Crippen LogP contribution in [0, 0.1) is 0 Å². The average molecular weight is 413 g/mol. The zero-order valence-corrected chi connectivity index (χ0v) is 16.4. The smallest absolute Gasteiger partial charge is 0.253 e. The van der Waals surface area contributed by atoms with E-state index in [0.717, 1.165) is 5.56 Å². The van der Waals surface area contributed by atoms with Crippen LogP contribution in [0.5, 0.6) is 0 Å². The molecule has 29 heavy (non-hydrogen) atoms. The summed E-state index contributed by atoms with van der Waals surface area (Å²) >= 11 is 5.95. The molecule has 0 radical (unpaired) electrons. The molecule has 0 fully saturated rings. The van der Waals surface area contributed by atoms with Crippen molar-refractivity contribution in [3.63, 3.8) is 0 Å². The lowest BCUT2D eigenvalue weighted by molar-refractivity contribution is -0.117. The molecule has 2 amide bonds. The number of fused-ring (bicyclic) bond motifs is 1. The molecule has 0 spiro atoms. The molecule has 0 atom stereocenters. The molecule has 7 nitrogen and oxygen atoms in total. The number of nitrogens with one attached hydrogen (secondary N) is 2. The second-order valence-electron chi connectivity index (χ2n) is 7.32. The average Bonchev–Trinajstić information content (AvgIpc) is 3.20. The van der Waals surface area contributed by atoms with Gasteiger partial charge in [0, 0.05) is 11.2 Å². The highest BCUT2D eigenvalue weighted by atomic mass is 35.5. The molecule has 1 aliphatic carbocycles. The first-order valence-corrected chi connectivity index (χ1v) is 9.75. The SMILES string of the molecule is O=C(NC1(CO)CC=CC1)c1cnc2c(c1)N(Cc1ccc(Cl)cc1)C(=O)CN2. The number of carbonyl (C=O) groups is 2. The summed E-state index contributed by atoms with van der Waals surface area (Å²) < 4.78 is 0. The quantitative estimate of drug-likeness (QED) is 0.656. The third-order valence-corrected chi connectivity index (χ3v) is 5.50. The zero-order valence-electron chi connectivity index (χ0n) is 15.7. The highest BCUT2D eigenvalue weighted by molar-refractivity contribution is 6.30. The molecule has 2 aromatic rings. The summed E-state index contributed by atoms with van der Waals surface area (Å²) in [4.78, 5) is 31.3. The number of anilines is 2. The normalized spacial score (nSPS) is 17.0. The van der Waals surface area contributed by atoms with Crippen LogP contribution in [-0.2, 0) is 11.3 Å². The van der Waals surface area contributed by atoms with E-state index in [4.69, 9.17) is 11.6 Å². The van der Waals surface area contributed by atoms with Crippen molar-refractivity contribution < 1.29 is 14.7 Å². The summed E-state index contributed by atoms with van der Waals surface area (Å²) in [5.74, 6) is 0.107. The topological polar surface area (TPSA) is 94.6 Å². The largest absolute Gasteiger partial charge is 0.394 e. The van der Waals surface area contributed by atoms with E-state index in [2.05, 4.69) is 15.6 Å². The van der Waals surface area contributed by atoms with Gasteiger partial charge in [-0.05, 0) is 36.6 Å². The molecule has 0 saturated carbocycles. The van der Waals surface area contributed by atoms with Crippen LogP contribution in [-0.4, -0.2) is 40.6 Å². The first-order valence-electron chi connectivity index (χ1n) is 9.37. The molecule has 0 bridgehead atoms. The molecule has 0 saturated heterocycles. The standard InChI is InChI=1S/C21H21ClN4O3/c22-16-5-3-14(4-6-16)12-26-17-9-15(10-23-19(17)24-11-18(26)28)20(29)25-21(13-27)7-1-2-8-21/h1-6,9-10,27H,7-8,11-13H2,(H,23,24)(H,25,29). The van der Waals surface area contributed by atoms with Crippen molar-refractivity contribution in [2.24, 2.45) is 0 Å².